The van der Waals surface area contributed by atoms with Crippen LogP contribution in [0.5, 0.6) is 5.75 Å². The number of nitrogens with zero attached hydrogens (tertiary/aromatic N) is 2. The third-order valence-corrected chi connectivity index (χ3v) is 4.43. The maximum atomic E-state index is 11.9. The van der Waals surface area contributed by atoms with Gasteiger partial charge < -0.3 is 10.1 Å². The van der Waals surface area contributed by atoms with Crippen molar-refractivity contribution in [3.05, 3.63) is 42.4 Å². The second-order valence-electron chi connectivity index (χ2n) is 6.24. The molecule has 2 aromatic rings. The summed E-state index contributed by atoms with van der Waals surface area (Å²) in [7, 11) is 0. The topological polar surface area (TPSA) is 81.2 Å². The van der Waals surface area contributed by atoms with Crippen LogP contribution in [0.2, 0.25) is 0 Å². The number of nitrogens with one attached hydrogen (secondary N) is 1. The molecular formula is C19H21N3O3. The van der Waals surface area contributed by atoms with Crippen LogP contribution in [-0.4, -0.2) is 34.3 Å². The molecule has 0 unspecified atom stereocenters. The van der Waals surface area contributed by atoms with Crippen molar-refractivity contribution >= 4 is 11.7 Å². The first kappa shape index (κ1) is 17.1. The summed E-state index contributed by atoms with van der Waals surface area (Å²) >= 11 is 0. The predicted molar refractivity (Wildman–Crippen MR) is 93.1 cm³/mol. The Morgan fingerprint density at radius 1 is 1.36 bits per heavy atom. The van der Waals surface area contributed by atoms with Gasteiger partial charge in [-0.1, -0.05) is 13.8 Å². The molecule has 3 rings (SSSR count). The van der Waals surface area contributed by atoms with Crippen LogP contribution in [0.3, 0.4) is 0 Å². The Hall–Kier alpha value is -2.76. The van der Waals surface area contributed by atoms with Crippen molar-refractivity contribution < 1.29 is 14.3 Å². The van der Waals surface area contributed by atoms with E-state index in [9.17, 15) is 9.59 Å². The molecule has 0 saturated carbocycles. The van der Waals surface area contributed by atoms with Crippen molar-refractivity contribution in [2.45, 2.75) is 32.8 Å². The SMILES string of the molecule is CC[C@H](C)C(=O)C(=O)NC[C@@H]1Cc2cc(-c3cnccn3)ccc2O1. The van der Waals surface area contributed by atoms with Crippen molar-refractivity contribution in [2.24, 2.45) is 5.92 Å². The van der Waals surface area contributed by atoms with E-state index >= 15 is 0 Å². The van der Waals surface area contributed by atoms with Crippen molar-refractivity contribution in [1.29, 1.82) is 0 Å². The number of hydrogen-bond donors (Lipinski definition) is 1. The molecule has 1 aliphatic rings. The molecule has 0 radical (unpaired) electrons. The molecular weight excluding hydrogens is 318 g/mol. The minimum Gasteiger partial charge on any atom is -0.488 e. The van der Waals surface area contributed by atoms with Gasteiger partial charge in [0.1, 0.15) is 11.9 Å². The summed E-state index contributed by atoms with van der Waals surface area (Å²) in [5.41, 5.74) is 2.85. The van der Waals surface area contributed by atoms with Gasteiger partial charge in [-0.2, -0.15) is 0 Å². The zero-order valence-electron chi connectivity index (χ0n) is 14.4. The second kappa shape index (κ2) is 7.42. The lowest BCUT2D eigenvalue weighted by Crippen LogP contribution is -2.40. The number of rotatable bonds is 6. The van der Waals surface area contributed by atoms with Crippen LogP contribution in [0.25, 0.3) is 11.3 Å². The minimum absolute atomic E-state index is 0.166. The van der Waals surface area contributed by atoms with Gasteiger partial charge in [0, 0.05) is 30.3 Å². The first-order valence-corrected chi connectivity index (χ1v) is 8.46. The number of carbonyl (C=O) groups excluding carboxylic acids is 2. The molecule has 0 aliphatic carbocycles. The number of ether oxygens (including phenoxy) is 1. The van der Waals surface area contributed by atoms with Gasteiger partial charge in [0.15, 0.2) is 0 Å². The fourth-order valence-electron chi connectivity index (χ4n) is 2.74. The highest BCUT2D eigenvalue weighted by atomic mass is 16.5. The second-order valence-corrected chi connectivity index (χ2v) is 6.24. The number of hydrogen-bond acceptors (Lipinski definition) is 5. The van der Waals surface area contributed by atoms with Crippen LogP contribution in [0.15, 0.2) is 36.8 Å². The van der Waals surface area contributed by atoms with Crippen molar-refractivity contribution in [1.82, 2.24) is 15.3 Å². The van der Waals surface area contributed by atoms with Crippen LogP contribution < -0.4 is 10.1 Å². The highest BCUT2D eigenvalue weighted by Crippen LogP contribution is 2.32. The Balaban J connectivity index is 1.60. The van der Waals surface area contributed by atoms with Gasteiger partial charge in [-0.15, -0.1) is 0 Å². The highest BCUT2D eigenvalue weighted by Gasteiger charge is 2.26. The van der Waals surface area contributed by atoms with Gasteiger partial charge in [0.05, 0.1) is 18.4 Å². The Morgan fingerprint density at radius 2 is 2.20 bits per heavy atom. The largest absolute Gasteiger partial charge is 0.488 e. The Morgan fingerprint density at radius 3 is 2.92 bits per heavy atom. The van der Waals surface area contributed by atoms with E-state index in [1.807, 2.05) is 25.1 Å². The molecule has 0 saturated heterocycles. The van der Waals surface area contributed by atoms with Crippen LogP contribution in [-0.2, 0) is 16.0 Å². The number of ketones is 1. The first-order chi connectivity index (χ1) is 12.1. The van der Waals surface area contributed by atoms with Gasteiger partial charge in [-0.3, -0.25) is 19.6 Å². The van der Waals surface area contributed by atoms with E-state index in [1.165, 1.54) is 0 Å². The summed E-state index contributed by atoms with van der Waals surface area (Å²) in [6.45, 7) is 3.97. The van der Waals surface area contributed by atoms with Crippen LogP contribution >= 0.6 is 0 Å². The van der Waals surface area contributed by atoms with Gasteiger partial charge in [-0.05, 0) is 30.2 Å². The lowest BCUT2D eigenvalue weighted by Gasteiger charge is -2.12. The molecule has 0 bridgehead atoms. The number of amides is 1. The number of aromatic nitrogens is 2. The van der Waals surface area contributed by atoms with Gasteiger partial charge in [0.2, 0.25) is 5.78 Å². The fourth-order valence-corrected chi connectivity index (χ4v) is 2.74. The van der Waals surface area contributed by atoms with E-state index < -0.39 is 5.91 Å². The Bertz CT molecular complexity index is 777. The standard InChI is InChI=1S/C19H21N3O3/c1-3-12(2)18(23)19(24)22-10-15-9-14-8-13(4-5-17(14)25-15)16-11-20-6-7-21-16/h4-8,11-12,15H,3,9-10H2,1-2H3,(H,22,24)/t12-,15-/m0/s1. The molecule has 0 spiro atoms. The summed E-state index contributed by atoms with van der Waals surface area (Å²) < 4.78 is 5.85. The van der Waals surface area contributed by atoms with Crippen molar-refractivity contribution in [2.75, 3.05) is 6.54 Å². The third kappa shape index (κ3) is 3.84. The molecule has 1 aromatic heterocycles. The molecule has 1 amide bonds. The molecule has 1 N–H and O–H groups in total. The maximum Gasteiger partial charge on any atom is 0.287 e. The van der Waals surface area contributed by atoms with Crippen LogP contribution in [0.1, 0.15) is 25.8 Å². The average molecular weight is 339 g/mol. The zero-order valence-corrected chi connectivity index (χ0v) is 14.4. The summed E-state index contributed by atoms with van der Waals surface area (Å²) in [6.07, 6.45) is 6.19. The maximum absolute atomic E-state index is 11.9. The normalized spacial score (nSPS) is 16.6. The van der Waals surface area contributed by atoms with E-state index in [0.29, 0.717) is 19.4 Å². The molecule has 6 nitrogen and oxygen atoms in total. The van der Waals surface area contributed by atoms with E-state index in [1.54, 1.807) is 25.5 Å². The van der Waals surface area contributed by atoms with Gasteiger partial charge >= 0.3 is 0 Å². The fraction of sp³-hybridized carbons (Fsp3) is 0.368. The molecule has 2 atom stereocenters. The van der Waals surface area contributed by atoms with E-state index in [4.69, 9.17) is 4.74 Å². The lowest BCUT2D eigenvalue weighted by atomic mass is 10.0. The third-order valence-electron chi connectivity index (χ3n) is 4.43. The highest BCUT2D eigenvalue weighted by molar-refractivity contribution is 6.36. The van der Waals surface area contributed by atoms with E-state index in [-0.39, 0.29) is 17.8 Å². The first-order valence-electron chi connectivity index (χ1n) is 8.46. The number of fused-ring (bicyclic) bond motifs is 1. The summed E-state index contributed by atoms with van der Waals surface area (Å²) in [4.78, 5) is 32.1. The minimum atomic E-state index is -0.533. The summed E-state index contributed by atoms with van der Waals surface area (Å²) in [6, 6.07) is 5.88. The quantitative estimate of drug-likeness (QED) is 0.816. The molecule has 130 valence electrons. The van der Waals surface area contributed by atoms with E-state index in [0.717, 1.165) is 22.6 Å². The molecule has 6 heteroatoms. The van der Waals surface area contributed by atoms with E-state index in [2.05, 4.69) is 15.3 Å². The monoisotopic (exact) mass is 339 g/mol. The van der Waals surface area contributed by atoms with Gasteiger partial charge in [0.25, 0.3) is 5.91 Å². The van der Waals surface area contributed by atoms with Crippen LogP contribution in [0, 0.1) is 5.92 Å². The average Bonchev–Trinajstić information content (AvgIpc) is 3.07. The smallest absolute Gasteiger partial charge is 0.287 e. The van der Waals surface area contributed by atoms with Crippen molar-refractivity contribution in [3.8, 4) is 17.0 Å². The van der Waals surface area contributed by atoms with Crippen LogP contribution in [0.4, 0.5) is 0 Å². The zero-order chi connectivity index (χ0) is 17.8. The number of Topliss-reactive ketones (excluding diaryl/α,β-unsaturated/α-hetero) is 1. The van der Waals surface area contributed by atoms with Crippen molar-refractivity contribution in [3.63, 3.8) is 0 Å². The summed E-state index contributed by atoms with van der Waals surface area (Å²) in [5.74, 6) is -0.353. The molecule has 2 heterocycles. The number of carbonyl (C=O) groups is 2. The Labute approximate surface area is 146 Å². The predicted octanol–water partition coefficient (Wildman–Crippen LogP) is 2.18. The molecule has 1 aromatic carbocycles. The molecule has 1 aliphatic heterocycles. The number of benzene rings is 1. The summed E-state index contributed by atoms with van der Waals surface area (Å²) in [5, 5.41) is 2.68. The lowest BCUT2D eigenvalue weighted by molar-refractivity contribution is -0.140. The molecule has 25 heavy (non-hydrogen) atoms. The molecule has 0 fully saturated rings. The Kier molecular flexibility index (Phi) is 5.07. The van der Waals surface area contributed by atoms with Gasteiger partial charge in [-0.25, -0.2) is 0 Å².